The number of pyridine rings is 1. The fourth-order valence-corrected chi connectivity index (χ4v) is 2.68. The normalized spacial score (nSPS) is 12.7. The minimum absolute atomic E-state index is 0.415. The van der Waals surface area contributed by atoms with Crippen molar-refractivity contribution >= 4 is 28.8 Å². The van der Waals surface area contributed by atoms with Crippen LogP contribution >= 0.6 is 23.2 Å². The second-order valence-corrected chi connectivity index (χ2v) is 5.77. The van der Waals surface area contributed by atoms with Crippen LogP contribution in [0.15, 0.2) is 48.7 Å². The number of hydrogen-bond acceptors (Lipinski definition) is 3. The van der Waals surface area contributed by atoms with Gasteiger partial charge in [0.1, 0.15) is 5.65 Å². The van der Waals surface area contributed by atoms with Gasteiger partial charge < -0.3 is 14.8 Å². The SMILES string of the molecule is OC(CNCc1c(Cl)nc2ccccn12)c1ccc(Cl)cc1. The fraction of sp³-hybridized carbons (Fsp3) is 0.188. The monoisotopic (exact) mass is 335 g/mol. The van der Waals surface area contributed by atoms with E-state index in [-0.39, 0.29) is 0 Å². The summed E-state index contributed by atoms with van der Waals surface area (Å²) in [5, 5.41) is 14.5. The van der Waals surface area contributed by atoms with E-state index >= 15 is 0 Å². The molecule has 0 radical (unpaired) electrons. The molecule has 0 aliphatic heterocycles. The summed E-state index contributed by atoms with van der Waals surface area (Å²) in [5.74, 6) is 0. The van der Waals surface area contributed by atoms with Gasteiger partial charge in [-0.25, -0.2) is 4.98 Å². The van der Waals surface area contributed by atoms with Crippen LogP contribution in [0.2, 0.25) is 10.2 Å². The maximum absolute atomic E-state index is 10.2. The number of imidazole rings is 1. The van der Waals surface area contributed by atoms with Crippen molar-refractivity contribution in [2.45, 2.75) is 12.6 Å². The van der Waals surface area contributed by atoms with Gasteiger partial charge in [-0.1, -0.05) is 41.4 Å². The molecule has 4 nitrogen and oxygen atoms in total. The minimum Gasteiger partial charge on any atom is -0.387 e. The van der Waals surface area contributed by atoms with Crippen LogP contribution in [0.3, 0.4) is 0 Å². The summed E-state index contributed by atoms with van der Waals surface area (Å²) in [7, 11) is 0. The van der Waals surface area contributed by atoms with Gasteiger partial charge in [0.2, 0.25) is 0 Å². The van der Waals surface area contributed by atoms with E-state index in [4.69, 9.17) is 23.2 Å². The summed E-state index contributed by atoms with van der Waals surface area (Å²) < 4.78 is 1.93. The molecule has 0 spiro atoms. The van der Waals surface area contributed by atoms with E-state index in [0.29, 0.717) is 23.3 Å². The smallest absolute Gasteiger partial charge is 0.152 e. The molecule has 3 rings (SSSR count). The zero-order valence-electron chi connectivity index (χ0n) is 11.7. The first kappa shape index (κ1) is 15.3. The summed E-state index contributed by atoms with van der Waals surface area (Å²) >= 11 is 12.0. The van der Waals surface area contributed by atoms with E-state index in [1.807, 2.05) is 40.9 Å². The van der Waals surface area contributed by atoms with Crippen LogP contribution in [0.5, 0.6) is 0 Å². The Morgan fingerprint density at radius 3 is 2.68 bits per heavy atom. The Hall–Kier alpha value is -1.59. The number of rotatable bonds is 5. The van der Waals surface area contributed by atoms with E-state index in [0.717, 1.165) is 16.9 Å². The molecule has 2 heterocycles. The van der Waals surface area contributed by atoms with Gasteiger partial charge in [0, 0.05) is 24.3 Å². The molecule has 1 atom stereocenters. The second kappa shape index (κ2) is 6.67. The molecule has 0 fully saturated rings. The van der Waals surface area contributed by atoms with Crippen molar-refractivity contribution in [2.24, 2.45) is 0 Å². The van der Waals surface area contributed by atoms with E-state index in [1.165, 1.54) is 0 Å². The molecular formula is C16H15Cl2N3O. The minimum atomic E-state index is -0.602. The van der Waals surface area contributed by atoms with Crippen LogP contribution in [-0.4, -0.2) is 21.0 Å². The summed E-state index contributed by atoms with van der Waals surface area (Å²) in [4.78, 5) is 4.29. The maximum Gasteiger partial charge on any atom is 0.152 e. The molecule has 2 aromatic heterocycles. The van der Waals surface area contributed by atoms with Gasteiger partial charge in [0.25, 0.3) is 0 Å². The van der Waals surface area contributed by atoms with Gasteiger partial charge >= 0.3 is 0 Å². The molecule has 6 heteroatoms. The Morgan fingerprint density at radius 1 is 1.14 bits per heavy atom. The highest BCUT2D eigenvalue weighted by Crippen LogP contribution is 2.18. The molecule has 0 saturated carbocycles. The first-order valence-electron chi connectivity index (χ1n) is 6.91. The van der Waals surface area contributed by atoms with Gasteiger partial charge in [-0.05, 0) is 29.8 Å². The lowest BCUT2D eigenvalue weighted by atomic mass is 10.1. The van der Waals surface area contributed by atoms with Crippen molar-refractivity contribution in [3.05, 3.63) is 70.1 Å². The molecular weight excluding hydrogens is 321 g/mol. The van der Waals surface area contributed by atoms with Crippen LogP contribution in [0.25, 0.3) is 5.65 Å². The number of halogens is 2. The molecule has 0 aliphatic carbocycles. The van der Waals surface area contributed by atoms with Gasteiger partial charge in [0.15, 0.2) is 5.15 Å². The fourth-order valence-electron chi connectivity index (χ4n) is 2.31. The van der Waals surface area contributed by atoms with Crippen LogP contribution in [-0.2, 0) is 6.54 Å². The summed E-state index contributed by atoms with van der Waals surface area (Å²) in [5.41, 5.74) is 2.50. The lowest BCUT2D eigenvalue weighted by Crippen LogP contribution is -2.22. The van der Waals surface area contributed by atoms with Crippen LogP contribution in [0.1, 0.15) is 17.4 Å². The molecule has 114 valence electrons. The van der Waals surface area contributed by atoms with Crippen molar-refractivity contribution in [1.29, 1.82) is 0 Å². The number of nitrogens with one attached hydrogen (secondary N) is 1. The van der Waals surface area contributed by atoms with Gasteiger partial charge in [-0.15, -0.1) is 0 Å². The lowest BCUT2D eigenvalue weighted by Gasteiger charge is -2.12. The standard InChI is InChI=1S/C16H15Cl2N3O/c17-12-6-4-11(5-7-12)14(22)10-19-9-13-16(18)20-15-3-1-2-8-21(13)15/h1-8,14,19,22H,9-10H2. The summed E-state index contributed by atoms with van der Waals surface area (Å²) in [6.07, 6.45) is 1.32. The molecule has 0 aliphatic rings. The van der Waals surface area contributed by atoms with Crippen LogP contribution < -0.4 is 5.32 Å². The highest BCUT2D eigenvalue weighted by Gasteiger charge is 2.11. The Morgan fingerprint density at radius 2 is 1.91 bits per heavy atom. The molecule has 2 N–H and O–H groups in total. The summed E-state index contributed by atoms with van der Waals surface area (Å²) in [6, 6.07) is 12.9. The molecule has 0 saturated heterocycles. The number of benzene rings is 1. The Balaban J connectivity index is 1.65. The van der Waals surface area contributed by atoms with Crippen LogP contribution in [0, 0.1) is 0 Å². The van der Waals surface area contributed by atoms with Crippen molar-refractivity contribution in [3.8, 4) is 0 Å². The van der Waals surface area contributed by atoms with Gasteiger partial charge in [-0.3, -0.25) is 0 Å². The molecule has 1 aromatic carbocycles. The lowest BCUT2D eigenvalue weighted by molar-refractivity contribution is 0.174. The average molecular weight is 336 g/mol. The van der Waals surface area contributed by atoms with Gasteiger partial charge in [0.05, 0.1) is 11.8 Å². The number of aliphatic hydroxyl groups is 1. The third kappa shape index (κ3) is 3.25. The highest BCUT2D eigenvalue weighted by molar-refractivity contribution is 6.30. The number of aromatic nitrogens is 2. The van der Waals surface area contributed by atoms with Crippen molar-refractivity contribution < 1.29 is 5.11 Å². The van der Waals surface area contributed by atoms with E-state index in [9.17, 15) is 5.11 Å². The third-order valence-corrected chi connectivity index (χ3v) is 4.02. The third-order valence-electron chi connectivity index (χ3n) is 3.46. The Bertz CT molecular complexity index is 771. The van der Waals surface area contributed by atoms with E-state index in [1.54, 1.807) is 12.1 Å². The number of aliphatic hydroxyl groups excluding tert-OH is 1. The topological polar surface area (TPSA) is 49.6 Å². The van der Waals surface area contributed by atoms with Crippen molar-refractivity contribution in [3.63, 3.8) is 0 Å². The molecule has 3 aromatic rings. The number of fused-ring (bicyclic) bond motifs is 1. The first-order chi connectivity index (χ1) is 10.6. The summed E-state index contributed by atoms with van der Waals surface area (Å²) in [6.45, 7) is 0.937. The largest absolute Gasteiger partial charge is 0.387 e. The molecule has 0 amide bonds. The molecule has 22 heavy (non-hydrogen) atoms. The first-order valence-corrected chi connectivity index (χ1v) is 7.66. The number of hydrogen-bond donors (Lipinski definition) is 2. The number of nitrogens with zero attached hydrogens (tertiary/aromatic N) is 2. The highest BCUT2D eigenvalue weighted by atomic mass is 35.5. The van der Waals surface area contributed by atoms with Crippen molar-refractivity contribution in [1.82, 2.24) is 14.7 Å². The zero-order valence-corrected chi connectivity index (χ0v) is 13.2. The molecule has 0 bridgehead atoms. The van der Waals surface area contributed by atoms with E-state index < -0.39 is 6.10 Å². The van der Waals surface area contributed by atoms with Crippen LogP contribution in [0.4, 0.5) is 0 Å². The molecule has 1 unspecified atom stereocenters. The Kier molecular flexibility index (Phi) is 4.64. The quantitative estimate of drug-likeness (QED) is 0.750. The zero-order chi connectivity index (χ0) is 15.5. The van der Waals surface area contributed by atoms with E-state index in [2.05, 4.69) is 10.3 Å². The maximum atomic E-state index is 10.2. The van der Waals surface area contributed by atoms with Gasteiger partial charge in [-0.2, -0.15) is 0 Å². The average Bonchev–Trinajstić information content (AvgIpc) is 2.84. The second-order valence-electron chi connectivity index (χ2n) is 4.98. The predicted molar refractivity (Wildman–Crippen MR) is 88.3 cm³/mol. The van der Waals surface area contributed by atoms with Crippen molar-refractivity contribution in [2.75, 3.05) is 6.54 Å². The predicted octanol–water partition coefficient (Wildman–Crippen LogP) is 3.46. The Labute approximate surface area is 138 Å².